The first-order chi connectivity index (χ1) is 12.8. The van der Waals surface area contributed by atoms with E-state index in [1.54, 1.807) is 14.1 Å². The van der Waals surface area contributed by atoms with Gasteiger partial charge in [0.1, 0.15) is 5.75 Å². The molecule has 7 heteroatoms. The van der Waals surface area contributed by atoms with Gasteiger partial charge in [0.25, 0.3) is 0 Å². The van der Waals surface area contributed by atoms with Crippen LogP contribution >= 0.6 is 24.0 Å². The number of rotatable bonds is 10. The minimum Gasteiger partial charge on any atom is -0.493 e. The number of hydrogen-bond acceptors (Lipinski definition) is 3. The van der Waals surface area contributed by atoms with Crippen molar-refractivity contribution in [1.82, 2.24) is 16.0 Å². The second-order valence-electron chi connectivity index (χ2n) is 7.41. The SMILES string of the molecule is CCCCCOc1cc(C)ccc1CNC(=NC)NCC(C)(C)C(=O)NC.I. The summed E-state index contributed by atoms with van der Waals surface area (Å²) in [5, 5.41) is 9.22. The molecule has 28 heavy (non-hydrogen) atoms. The van der Waals surface area contributed by atoms with Crippen LogP contribution in [0, 0.1) is 12.3 Å². The molecule has 0 atom stereocenters. The minimum atomic E-state index is -0.524. The number of carbonyl (C=O) groups is 1. The highest BCUT2D eigenvalue weighted by atomic mass is 127. The first-order valence-corrected chi connectivity index (χ1v) is 9.73. The molecule has 0 saturated carbocycles. The summed E-state index contributed by atoms with van der Waals surface area (Å²) >= 11 is 0. The highest BCUT2D eigenvalue weighted by Crippen LogP contribution is 2.21. The second-order valence-corrected chi connectivity index (χ2v) is 7.41. The van der Waals surface area contributed by atoms with Crippen LogP contribution in [-0.2, 0) is 11.3 Å². The number of unbranched alkanes of at least 4 members (excludes halogenated alkanes) is 2. The van der Waals surface area contributed by atoms with Crippen molar-refractivity contribution in [1.29, 1.82) is 0 Å². The summed E-state index contributed by atoms with van der Waals surface area (Å²) in [4.78, 5) is 16.2. The lowest BCUT2D eigenvalue weighted by Gasteiger charge is -2.24. The molecule has 0 aliphatic carbocycles. The largest absolute Gasteiger partial charge is 0.493 e. The molecule has 3 N–H and O–H groups in total. The fraction of sp³-hybridized carbons (Fsp3) is 0.619. The Balaban J connectivity index is 0.00000729. The maximum atomic E-state index is 11.9. The van der Waals surface area contributed by atoms with Crippen molar-refractivity contribution in [2.24, 2.45) is 10.4 Å². The van der Waals surface area contributed by atoms with E-state index in [-0.39, 0.29) is 29.9 Å². The van der Waals surface area contributed by atoms with Crippen LogP contribution in [0.2, 0.25) is 0 Å². The number of guanidine groups is 1. The van der Waals surface area contributed by atoms with Gasteiger partial charge in [0.15, 0.2) is 5.96 Å². The number of nitrogens with one attached hydrogen (secondary N) is 3. The van der Waals surface area contributed by atoms with Crippen LogP contribution in [0.3, 0.4) is 0 Å². The third-order valence-electron chi connectivity index (χ3n) is 4.44. The maximum Gasteiger partial charge on any atom is 0.227 e. The van der Waals surface area contributed by atoms with E-state index in [0.717, 1.165) is 24.3 Å². The van der Waals surface area contributed by atoms with E-state index in [9.17, 15) is 4.79 Å². The van der Waals surface area contributed by atoms with E-state index in [4.69, 9.17) is 4.74 Å². The number of halogens is 1. The highest BCUT2D eigenvalue weighted by Gasteiger charge is 2.26. The number of aryl methyl sites for hydroxylation is 1. The Morgan fingerprint density at radius 1 is 1.21 bits per heavy atom. The molecule has 0 radical (unpaired) electrons. The van der Waals surface area contributed by atoms with Gasteiger partial charge in [-0.1, -0.05) is 31.9 Å². The van der Waals surface area contributed by atoms with Crippen LogP contribution in [0.5, 0.6) is 5.75 Å². The predicted molar refractivity (Wildman–Crippen MR) is 128 cm³/mol. The Bertz CT molecular complexity index is 633. The number of benzene rings is 1. The topological polar surface area (TPSA) is 74.8 Å². The monoisotopic (exact) mass is 504 g/mol. The minimum absolute atomic E-state index is 0. The van der Waals surface area contributed by atoms with E-state index in [1.165, 1.54) is 18.4 Å². The van der Waals surface area contributed by atoms with Crippen molar-refractivity contribution in [3.8, 4) is 5.75 Å². The van der Waals surface area contributed by atoms with Crippen LogP contribution in [0.25, 0.3) is 0 Å². The van der Waals surface area contributed by atoms with Crippen LogP contribution < -0.4 is 20.7 Å². The molecule has 0 bridgehead atoms. The van der Waals surface area contributed by atoms with Gasteiger partial charge in [-0.2, -0.15) is 0 Å². The molecule has 0 heterocycles. The molecule has 1 aromatic rings. The summed E-state index contributed by atoms with van der Waals surface area (Å²) in [5.74, 6) is 1.57. The lowest BCUT2D eigenvalue weighted by Crippen LogP contribution is -2.47. The quantitative estimate of drug-likeness (QED) is 0.197. The fourth-order valence-corrected chi connectivity index (χ4v) is 2.60. The van der Waals surface area contributed by atoms with Gasteiger partial charge in [0.2, 0.25) is 5.91 Å². The van der Waals surface area contributed by atoms with Crippen molar-refractivity contribution < 1.29 is 9.53 Å². The summed E-state index contributed by atoms with van der Waals surface area (Å²) in [7, 11) is 3.37. The Morgan fingerprint density at radius 2 is 1.93 bits per heavy atom. The lowest BCUT2D eigenvalue weighted by molar-refractivity contribution is -0.128. The zero-order valence-electron chi connectivity index (χ0n) is 18.1. The standard InChI is InChI=1S/C21H36N4O2.HI/c1-7-8-9-12-27-18-13-16(2)10-11-17(18)14-24-20(23-6)25-15-21(3,4)19(26)22-5;/h10-11,13H,7-9,12,14-15H2,1-6H3,(H,22,26)(H2,23,24,25);1H. The molecule has 160 valence electrons. The molecule has 0 fully saturated rings. The zero-order valence-corrected chi connectivity index (χ0v) is 20.5. The highest BCUT2D eigenvalue weighted by molar-refractivity contribution is 14.0. The Labute approximate surface area is 187 Å². The van der Waals surface area contributed by atoms with Crippen LogP contribution in [0.4, 0.5) is 0 Å². The molecule has 0 unspecified atom stereocenters. The normalized spacial score (nSPS) is 11.4. The summed E-state index contributed by atoms with van der Waals surface area (Å²) < 4.78 is 5.99. The molecule has 0 saturated heterocycles. The van der Waals surface area contributed by atoms with Gasteiger partial charge in [-0.3, -0.25) is 9.79 Å². The molecular formula is C21H37IN4O2. The Kier molecular flexibility index (Phi) is 12.9. The number of amides is 1. The van der Waals surface area contributed by atoms with Gasteiger partial charge in [-0.05, 0) is 38.8 Å². The molecule has 0 aliphatic heterocycles. The molecule has 1 aromatic carbocycles. The van der Waals surface area contributed by atoms with Crippen molar-refractivity contribution in [2.75, 3.05) is 27.2 Å². The van der Waals surface area contributed by atoms with Gasteiger partial charge < -0.3 is 20.7 Å². The molecule has 0 aliphatic rings. The van der Waals surface area contributed by atoms with Crippen molar-refractivity contribution >= 4 is 35.8 Å². The smallest absolute Gasteiger partial charge is 0.227 e. The van der Waals surface area contributed by atoms with Gasteiger partial charge in [-0.15, -0.1) is 24.0 Å². The van der Waals surface area contributed by atoms with E-state index in [1.807, 2.05) is 13.8 Å². The van der Waals surface area contributed by atoms with E-state index < -0.39 is 5.41 Å². The Hall–Kier alpha value is -1.51. The predicted octanol–water partition coefficient (Wildman–Crippen LogP) is 3.62. The lowest BCUT2D eigenvalue weighted by atomic mass is 9.92. The van der Waals surface area contributed by atoms with E-state index in [0.29, 0.717) is 19.0 Å². The molecular weight excluding hydrogens is 467 g/mol. The number of nitrogens with zero attached hydrogens (tertiary/aromatic N) is 1. The summed E-state index contributed by atoms with van der Waals surface area (Å²) in [5.41, 5.74) is 1.74. The Morgan fingerprint density at radius 3 is 2.54 bits per heavy atom. The van der Waals surface area contributed by atoms with Crippen molar-refractivity contribution in [3.05, 3.63) is 29.3 Å². The summed E-state index contributed by atoms with van der Waals surface area (Å²) in [6.45, 7) is 9.87. The summed E-state index contributed by atoms with van der Waals surface area (Å²) in [6, 6.07) is 6.24. The molecule has 0 spiro atoms. The number of aliphatic imine (C=N–C) groups is 1. The van der Waals surface area contributed by atoms with Crippen LogP contribution in [-0.4, -0.2) is 39.1 Å². The second kappa shape index (κ2) is 13.6. The average molecular weight is 504 g/mol. The molecule has 0 aromatic heterocycles. The van der Waals surface area contributed by atoms with Crippen LogP contribution in [0.15, 0.2) is 23.2 Å². The van der Waals surface area contributed by atoms with Crippen LogP contribution in [0.1, 0.15) is 51.2 Å². The van der Waals surface area contributed by atoms with Gasteiger partial charge in [-0.25, -0.2) is 0 Å². The number of ether oxygens (including phenoxy) is 1. The zero-order chi connectivity index (χ0) is 20.3. The third kappa shape index (κ3) is 9.12. The molecule has 6 nitrogen and oxygen atoms in total. The first-order valence-electron chi connectivity index (χ1n) is 9.73. The fourth-order valence-electron chi connectivity index (χ4n) is 2.60. The average Bonchev–Trinajstić information content (AvgIpc) is 2.65. The van der Waals surface area contributed by atoms with Crippen molar-refractivity contribution in [3.63, 3.8) is 0 Å². The van der Waals surface area contributed by atoms with E-state index >= 15 is 0 Å². The van der Waals surface area contributed by atoms with Gasteiger partial charge >= 0.3 is 0 Å². The first kappa shape index (κ1) is 26.5. The maximum absolute atomic E-state index is 11.9. The molecule has 1 rings (SSSR count). The number of hydrogen-bond donors (Lipinski definition) is 3. The molecule has 1 amide bonds. The van der Waals surface area contributed by atoms with E-state index in [2.05, 4.69) is 53.0 Å². The van der Waals surface area contributed by atoms with Gasteiger partial charge in [0, 0.05) is 32.7 Å². The summed E-state index contributed by atoms with van der Waals surface area (Å²) in [6.07, 6.45) is 3.42. The van der Waals surface area contributed by atoms with Gasteiger partial charge in [0.05, 0.1) is 12.0 Å². The van der Waals surface area contributed by atoms with Crippen molar-refractivity contribution in [2.45, 2.75) is 53.5 Å². The number of carbonyl (C=O) groups excluding carboxylic acids is 1. The third-order valence-corrected chi connectivity index (χ3v) is 4.44.